The zero-order valence-corrected chi connectivity index (χ0v) is 18.6. The molecule has 2 rings (SSSR count). The van der Waals surface area contributed by atoms with Crippen molar-refractivity contribution in [1.29, 1.82) is 0 Å². The van der Waals surface area contributed by atoms with Crippen molar-refractivity contribution < 1.29 is 23.8 Å². The van der Waals surface area contributed by atoms with Gasteiger partial charge in [0.15, 0.2) is 11.5 Å². The predicted molar refractivity (Wildman–Crippen MR) is 117 cm³/mol. The molecule has 0 heterocycles. The van der Waals surface area contributed by atoms with Gasteiger partial charge in [0.05, 0.1) is 44.0 Å². The molecule has 30 heavy (non-hydrogen) atoms. The summed E-state index contributed by atoms with van der Waals surface area (Å²) in [5.41, 5.74) is 3.96. The molecule has 160 valence electrons. The summed E-state index contributed by atoms with van der Waals surface area (Å²) in [4.78, 5) is 24.2. The van der Waals surface area contributed by atoms with Crippen molar-refractivity contribution >= 4 is 34.1 Å². The van der Waals surface area contributed by atoms with E-state index in [9.17, 15) is 9.59 Å². The molecule has 0 spiro atoms. The van der Waals surface area contributed by atoms with Crippen LogP contribution in [0.5, 0.6) is 11.5 Å². The summed E-state index contributed by atoms with van der Waals surface area (Å²) in [6.07, 6.45) is 0.898. The van der Waals surface area contributed by atoms with E-state index in [1.807, 2.05) is 30.3 Å². The van der Waals surface area contributed by atoms with Gasteiger partial charge in [0.1, 0.15) is 0 Å². The van der Waals surface area contributed by atoms with Crippen LogP contribution in [0.1, 0.15) is 30.5 Å². The SMILES string of the molecule is CCOC(=O)N[C@H](CC(=O)N/N=C\c1cc(Br)c(OC)c(OC)c1)c1ccccc1. The second kappa shape index (κ2) is 11.8. The number of alkyl carbamates (subject to hydrolysis) is 1. The van der Waals surface area contributed by atoms with E-state index in [1.54, 1.807) is 26.2 Å². The van der Waals surface area contributed by atoms with E-state index in [2.05, 4.69) is 31.8 Å². The van der Waals surface area contributed by atoms with Gasteiger partial charge < -0.3 is 19.5 Å². The largest absolute Gasteiger partial charge is 0.493 e. The van der Waals surface area contributed by atoms with Crippen molar-refractivity contribution in [2.75, 3.05) is 20.8 Å². The van der Waals surface area contributed by atoms with Crippen molar-refractivity contribution in [3.05, 3.63) is 58.1 Å². The van der Waals surface area contributed by atoms with Crippen LogP contribution >= 0.6 is 15.9 Å². The van der Waals surface area contributed by atoms with Crippen LogP contribution < -0.4 is 20.2 Å². The maximum absolute atomic E-state index is 12.4. The minimum Gasteiger partial charge on any atom is -0.493 e. The highest BCUT2D eigenvalue weighted by atomic mass is 79.9. The van der Waals surface area contributed by atoms with Gasteiger partial charge in [0.25, 0.3) is 0 Å². The lowest BCUT2D eigenvalue weighted by Crippen LogP contribution is -2.33. The number of amides is 2. The molecule has 9 heteroatoms. The van der Waals surface area contributed by atoms with E-state index in [4.69, 9.17) is 14.2 Å². The van der Waals surface area contributed by atoms with Gasteiger partial charge in [-0.15, -0.1) is 0 Å². The molecule has 0 aromatic heterocycles. The summed E-state index contributed by atoms with van der Waals surface area (Å²) in [6, 6.07) is 12.1. The lowest BCUT2D eigenvalue weighted by Gasteiger charge is -2.18. The zero-order valence-electron chi connectivity index (χ0n) is 17.0. The van der Waals surface area contributed by atoms with E-state index in [-0.39, 0.29) is 18.9 Å². The Hall–Kier alpha value is -3.07. The molecule has 0 radical (unpaired) electrons. The minimum atomic E-state index is -0.585. The predicted octanol–water partition coefficient (Wildman–Crippen LogP) is 3.79. The topological polar surface area (TPSA) is 98.2 Å². The Bertz CT molecular complexity index is 890. The first-order valence-corrected chi connectivity index (χ1v) is 9.99. The quantitative estimate of drug-likeness (QED) is 0.422. The van der Waals surface area contributed by atoms with Crippen LogP contribution in [-0.4, -0.2) is 39.0 Å². The highest BCUT2D eigenvalue weighted by Gasteiger charge is 2.18. The number of hydrogen-bond donors (Lipinski definition) is 2. The van der Waals surface area contributed by atoms with Gasteiger partial charge >= 0.3 is 6.09 Å². The van der Waals surface area contributed by atoms with Gasteiger partial charge in [-0.25, -0.2) is 10.2 Å². The number of benzene rings is 2. The Morgan fingerprint density at radius 2 is 1.90 bits per heavy atom. The number of nitrogens with one attached hydrogen (secondary N) is 2. The van der Waals surface area contributed by atoms with Gasteiger partial charge in [-0.2, -0.15) is 5.10 Å². The zero-order chi connectivity index (χ0) is 21.9. The van der Waals surface area contributed by atoms with E-state index < -0.39 is 12.1 Å². The Balaban J connectivity index is 2.05. The van der Waals surface area contributed by atoms with Crippen LogP contribution in [0.4, 0.5) is 4.79 Å². The second-order valence-corrected chi connectivity index (χ2v) is 6.92. The number of hydrazone groups is 1. The molecule has 2 amide bonds. The molecule has 0 aliphatic rings. The molecule has 0 aliphatic carbocycles. The van der Waals surface area contributed by atoms with E-state index in [1.165, 1.54) is 13.3 Å². The lowest BCUT2D eigenvalue weighted by molar-refractivity contribution is -0.121. The molecule has 1 atom stereocenters. The van der Waals surface area contributed by atoms with E-state index >= 15 is 0 Å². The summed E-state index contributed by atoms with van der Waals surface area (Å²) < 4.78 is 16.2. The minimum absolute atomic E-state index is 0.00417. The molecule has 0 saturated heterocycles. The average Bonchev–Trinajstić information content (AvgIpc) is 2.73. The first-order valence-electron chi connectivity index (χ1n) is 9.20. The number of methoxy groups -OCH3 is 2. The van der Waals surface area contributed by atoms with Gasteiger partial charge in [-0.1, -0.05) is 30.3 Å². The first kappa shape index (κ1) is 23.2. The molecular formula is C21H24BrN3O5. The van der Waals surface area contributed by atoms with Crippen LogP contribution in [0.3, 0.4) is 0 Å². The molecule has 0 fully saturated rings. The van der Waals surface area contributed by atoms with Crippen LogP contribution in [0.15, 0.2) is 52.0 Å². The van der Waals surface area contributed by atoms with Gasteiger partial charge in [0.2, 0.25) is 5.91 Å². The molecule has 0 unspecified atom stereocenters. The van der Waals surface area contributed by atoms with Crippen molar-refractivity contribution in [2.45, 2.75) is 19.4 Å². The molecule has 2 N–H and O–H groups in total. The van der Waals surface area contributed by atoms with Crippen molar-refractivity contribution in [3.63, 3.8) is 0 Å². The molecule has 0 bridgehead atoms. The molecule has 8 nitrogen and oxygen atoms in total. The number of carbonyl (C=O) groups excluding carboxylic acids is 2. The Kier molecular flexibility index (Phi) is 9.14. The Morgan fingerprint density at radius 1 is 1.17 bits per heavy atom. The summed E-state index contributed by atoms with van der Waals surface area (Å²) >= 11 is 3.41. The number of rotatable bonds is 9. The van der Waals surface area contributed by atoms with Gasteiger partial charge in [-0.3, -0.25) is 4.79 Å². The van der Waals surface area contributed by atoms with Crippen LogP contribution in [0.2, 0.25) is 0 Å². The third-order valence-electron chi connectivity index (χ3n) is 4.02. The second-order valence-electron chi connectivity index (χ2n) is 6.06. The van der Waals surface area contributed by atoms with E-state index in [0.717, 1.165) is 5.56 Å². The fourth-order valence-electron chi connectivity index (χ4n) is 2.67. The van der Waals surface area contributed by atoms with Crippen molar-refractivity contribution in [3.8, 4) is 11.5 Å². The number of halogens is 1. The Morgan fingerprint density at radius 3 is 2.53 bits per heavy atom. The molecular weight excluding hydrogens is 454 g/mol. The summed E-state index contributed by atoms with van der Waals surface area (Å²) in [5.74, 6) is 0.730. The molecule has 0 saturated carbocycles. The molecule has 2 aromatic rings. The number of carbonyl (C=O) groups is 2. The van der Waals surface area contributed by atoms with Crippen LogP contribution in [0.25, 0.3) is 0 Å². The summed E-state index contributed by atoms with van der Waals surface area (Å²) in [6.45, 7) is 1.95. The summed E-state index contributed by atoms with van der Waals surface area (Å²) in [7, 11) is 3.08. The number of nitrogens with zero attached hydrogens (tertiary/aromatic N) is 1. The maximum atomic E-state index is 12.4. The van der Waals surface area contributed by atoms with Crippen molar-refractivity contribution in [2.24, 2.45) is 5.10 Å². The first-order chi connectivity index (χ1) is 14.5. The highest BCUT2D eigenvalue weighted by Crippen LogP contribution is 2.35. The smallest absolute Gasteiger partial charge is 0.407 e. The maximum Gasteiger partial charge on any atom is 0.407 e. The van der Waals surface area contributed by atoms with Gasteiger partial charge in [-0.05, 0) is 46.1 Å². The standard InChI is InChI=1S/C21H24BrN3O5/c1-4-30-21(27)24-17(15-8-6-5-7-9-15)12-19(26)25-23-13-14-10-16(22)20(29-3)18(11-14)28-2/h5-11,13,17H,4,12H2,1-3H3,(H,24,27)(H,25,26)/b23-13-/t17-/m1/s1. The molecule has 0 aliphatic heterocycles. The lowest BCUT2D eigenvalue weighted by atomic mass is 10.0. The number of ether oxygens (including phenoxy) is 3. The Labute approximate surface area is 183 Å². The fourth-order valence-corrected chi connectivity index (χ4v) is 3.30. The third kappa shape index (κ3) is 6.77. The normalized spacial score (nSPS) is 11.6. The van der Waals surface area contributed by atoms with Crippen LogP contribution in [0, 0.1) is 0 Å². The van der Waals surface area contributed by atoms with Crippen LogP contribution in [-0.2, 0) is 9.53 Å². The highest BCUT2D eigenvalue weighted by molar-refractivity contribution is 9.10. The van der Waals surface area contributed by atoms with Gasteiger partial charge in [0, 0.05) is 0 Å². The fraction of sp³-hybridized carbons (Fsp3) is 0.286. The average molecular weight is 478 g/mol. The van der Waals surface area contributed by atoms with E-state index in [0.29, 0.717) is 21.5 Å². The summed E-state index contributed by atoms with van der Waals surface area (Å²) in [5, 5.41) is 6.69. The third-order valence-corrected chi connectivity index (χ3v) is 4.61. The number of hydrogen-bond acceptors (Lipinski definition) is 6. The van der Waals surface area contributed by atoms with Crippen molar-refractivity contribution in [1.82, 2.24) is 10.7 Å². The monoisotopic (exact) mass is 477 g/mol. The molecule has 2 aromatic carbocycles.